The molecule has 1 aliphatic rings. The molecule has 178 valence electrons. The van der Waals surface area contributed by atoms with E-state index in [0.29, 0.717) is 17.5 Å². The van der Waals surface area contributed by atoms with E-state index in [-0.39, 0.29) is 6.04 Å². The van der Waals surface area contributed by atoms with E-state index < -0.39 is 0 Å². The van der Waals surface area contributed by atoms with Gasteiger partial charge in [-0.1, -0.05) is 0 Å². The molecule has 3 aromatic rings. The smallest absolute Gasteiger partial charge is 0.174 e. The van der Waals surface area contributed by atoms with E-state index in [1.807, 2.05) is 42.5 Å². The summed E-state index contributed by atoms with van der Waals surface area (Å²) in [5.41, 5.74) is 3.27. The van der Waals surface area contributed by atoms with Gasteiger partial charge >= 0.3 is 0 Å². The Hall–Kier alpha value is -2.72. The molecule has 4 rings (SSSR count). The summed E-state index contributed by atoms with van der Waals surface area (Å²) in [4.78, 5) is 2.19. The van der Waals surface area contributed by atoms with Crippen LogP contribution in [0, 0.1) is 3.57 Å². The molecular formula is C26H27IN2O4S. The maximum atomic E-state index is 6.22. The Balaban J connectivity index is 1.62. The first-order valence-electron chi connectivity index (χ1n) is 10.9. The summed E-state index contributed by atoms with van der Waals surface area (Å²) in [6.07, 6.45) is 0.837. The highest BCUT2D eigenvalue weighted by Gasteiger charge is 2.31. The van der Waals surface area contributed by atoms with Crippen molar-refractivity contribution in [1.82, 2.24) is 4.90 Å². The van der Waals surface area contributed by atoms with Crippen LogP contribution >= 0.6 is 34.8 Å². The highest BCUT2D eigenvalue weighted by molar-refractivity contribution is 14.1. The summed E-state index contributed by atoms with van der Waals surface area (Å²) >= 11 is 8.15. The molecule has 0 fully saturated rings. The largest absolute Gasteiger partial charge is 0.497 e. The van der Waals surface area contributed by atoms with Crippen molar-refractivity contribution in [2.45, 2.75) is 12.5 Å². The first-order valence-corrected chi connectivity index (χ1v) is 12.4. The number of ether oxygens (including phenoxy) is 4. The molecule has 1 heterocycles. The first kappa shape index (κ1) is 24.4. The van der Waals surface area contributed by atoms with Crippen LogP contribution in [0.15, 0.2) is 60.7 Å². The lowest BCUT2D eigenvalue weighted by atomic mass is 9.92. The van der Waals surface area contributed by atoms with Gasteiger partial charge < -0.3 is 29.2 Å². The van der Waals surface area contributed by atoms with E-state index in [2.05, 4.69) is 51.0 Å². The molecule has 6 nitrogen and oxygen atoms in total. The molecule has 34 heavy (non-hydrogen) atoms. The van der Waals surface area contributed by atoms with Gasteiger partial charge in [-0.15, -0.1) is 0 Å². The number of thiocarbonyl (C=S) groups is 1. The lowest BCUT2D eigenvalue weighted by molar-refractivity contribution is 0.190. The Labute approximate surface area is 219 Å². The third-order valence-electron chi connectivity index (χ3n) is 5.83. The van der Waals surface area contributed by atoms with Gasteiger partial charge in [-0.25, -0.2) is 0 Å². The van der Waals surface area contributed by atoms with Gasteiger partial charge in [0.1, 0.15) is 18.1 Å². The first-order chi connectivity index (χ1) is 16.5. The van der Waals surface area contributed by atoms with Gasteiger partial charge in [0.25, 0.3) is 0 Å². The number of nitrogens with one attached hydrogen (secondary N) is 1. The van der Waals surface area contributed by atoms with Crippen molar-refractivity contribution in [1.29, 1.82) is 0 Å². The Morgan fingerprint density at radius 1 is 0.941 bits per heavy atom. The molecule has 1 aliphatic heterocycles. The molecule has 1 atom stereocenters. The molecule has 3 aromatic carbocycles. The Morgan fingerprint density at radius 3 is 2.24 bits per heavy atom. The Kier molecular flexibility index (Phi) is 7.99. The maximum Gasteiger partial charge on any atom is 0.174 e. The van der Waals surface area contributed by atoms with Crippen LogP contribution in [0.25, 0.3) is 0 Å². The van der Waals surface area contributed by atoms with E-state index in [9.17, 15) is 0 Å². The topological polar surface area (TPSA) is 52.2 Å². The van der Waals surface area contributed by atoms with Crippen molar-refractivity contribution in [2.75, 3.05) is 39.8 Å². The van der Waals surface area contributed by atoms with Crippen LogP contribution in [0.3, 0.4) is 0 Å². The highest BCUT2D eigenvalue weighted by atomic mass is 127. The number of hydrogen-bond acceptors (Lipinski definition) is 5. The van der Waals surface area contributed by atoms with Crippen molar-refractivity contribution in [3.63, 3.8) is 0 Å². The van der Waals surface area contributed by atoms with Gasteiger partial charge in [0, 0.05) is 15.8 Å². The summed E-state index contributed by atoms with van der Waals surface area (Å²) in [5.74, 6) is 2.97. The number of methoxy groups -OCH3 is 3. The van der Waals surface area contributed by atoms with Crippen LogP contribution < -0.4 is 24.3 Å². The highest BCUT2D eigenvalue weighted by Crippen LogP contribution is 2.38. The van der Waals surface area contributed by atoms with Crippen LogP contribution in [0.4, 0.5) is 5.69 Å². The fourth-order valence-corrected chi connectivity index (χ4v) is 4.72. The summed E-state index contributed by atoms with van der Waals surface area (Å²) in [5, 5.41) is 4.05. The molecule has 0 aromatic heterocycles. The van der Waals surface area contributed by atoms with Crippen molar-refractivity contribution in [2.24, 2.45) is 0 Å². The fraction of sp³-hybridized carbons (Fsp3) is 0.269. The van der Waals surface area contributed by atoms with E-state index in [0.717, 1.165) is 41.5 Å². The molecule has 8 heteroatoms. The second-order valence-electron chi connectivity index (χ2n) is 7.79. The van der Waals surface area contributed by atoms with Crippen LogP contribution in [-0.4, -0.2) is 44.5 Å². The zero-order chi connectivity index (χ0) is 24.1. The van der Waals surface area contributed by atoms with Gasteiger partial charge in [0.15, 0.2) is 16.6 Å². The predicted molar refractivity (Wildman–Crippen MR) is 147 cm³/mol. The second kappa shape index (κ2) is 11.1. The van der Waals surface area contributed by atoms with Gasteiger partial charge in [0.2, 0.25) is 0 Å². The lowest BCUT2D eigenvalue weighted by Crippen LogP contribution is -2.44. The second-order valence-corrected chi connectivity index (χ2v) is 9.42. The van der Waals surface area contributed by atoms with Crippen LogP contribution in [0.1, 0.15) is 17.2 Å². The molecule has 0 bridgehead atoms. The average Bonchev–Trinajstić information content (AvgIpc) is 2.87. The molecule has 0 amide bonds. The van der Waals surface area contributed by atoms with Crippen molar-refractivity contribution < 1.29 is 18.9 Å². The van der Waals surface area contributed by atoms with Crippen molar-refractivity contribution >= 4 is 45.6 Å². The minimum atomic E-state index is -0.102. The summed E-state index contributed by atoms with van der Waals surface area (Å²) in [6.45, 7) is 1.18. The number of rotatable bonds is 7. The third-order valence-corrected chi connectivity index (χ3v) is 6.88. The number of anilines is 1. The molecule has 0 radical (unpaired) electrons. The van der Waals surface area contributed by atoms with Gasteiger partial charge in [-0.05, 0) is 113 Å². The molecular weight excluding hydrogens is 563 g/mol. The van der Waals surface area contributed by atoms with Gasteiger partial charge in [0.05, 0.1) is 27.4 Å². The number of nitrogens with zero attached hydrogens (tertiary/aromatic N) is 1. The summed E-state index contributed by atoms with van der Waals surface area (Å²) in [7, 11) is 4.95. The number of fused-ring (bicyclic) bond motifs is 1. The minimum Gasteiger partial charge on any atom is -0.497 e. The summed E-state index contributed by atoms with van der Waals surface area (Å²) < 4.78 is 23.8. The zero-order valence-corrected chi connectivity index (χ0v) is 22.3. The molecule has 0 unspecified atom stereocenters. The van der Waals surface area contributed by atoms with E-state index in [1.165, 1.54) is 9.13 Å². The Bertz CT molecular complexity index is 1140. The normalized spacial score (nSPS) is 14.7. The number of hydrogen-bond donors (Lipinski definition) is 1. The number of halogens is 1. The standard InChI is InChI=1S/C26H27IN2O4S/c1-30-20-8-10-21(11-9-20)33-16-23-22-15-25(32-3)24(31-2)14-17(22)12-13-29(23)26(34)28-19-6-4-18(27)5-7-19/h4-11,14-15,23H,12-13,16H2,1-3H3,(H,28,34)/t23-/m1/s1. The van der Waals surface area contributed by atoms with E-state index >= 15 is 0 Å². The fourth-order valence-electron chi connectivity index (χ4n) is 4.03. The predicted octanol–water partition coefficient (Wildman–Crippen LogP) is 5.69. The molecule has 0 spiro atoms. The minimum absolute atomic E-state index is 0.102. The van der Waals surface area contributed by atoms with Crippen LogP contribution in [-0.2, 0) is 6.42 Å². The van der Waals surface area contributed by atoms with Crippen molar-refractivity contribution in [3.05, 3.63) is 75.4 Å². The molecule has 0 aliphatic carbocycles. The monoisotopic (exact) mass is 590 g/mol. The van der Waals surface area contributed by atoms with Crippen molar-refractivity contribution in [3.8, 4) is 23.0 Å². The molecule has 0 saturated heterocycles. The van der Waals surface area contributed by atoms with E-state index in [4.69, 9.17) is 31.2 Å². The average molecular weight is 590 g/mol. The van der Waals surface area contributed by atoms with E-state index in [1.54, 1.807) is 21.3 Å². The van der Waals surface area contributed by atoms with Crippen LogP contribution in [0.2, 0.25) is 0 Å². The SMILES string of the molecule is COc1ccc(OC[C@@H]2c3cc(OC)c(OC)cc3CCN2C(=S)Nc2ccc(I)cc2)cc1. The third kappa shape index (κ3) is 5.50. The quantitative estimate of drug-likeness (QED) is 0.280. The lowest BCUT2D eigenvalue weighted by Gasteiger charge is -2.39. The van der Waals surface area contributed by atoms with Crippen LogP contribution in [0.5, 0.6) is 23.0 Å². The summed E-state index contributed by atoms with van der Waals surface area (Å²) in [6, 6.07) is 19.7. The van der Waals surface area contributed by atoms with Gasteiger partial charge in [-0.3, -0.25) is 0 Å². The molecule has 1 N–H and O–H groups in total. The van der Waals surface area contributed by atoms with Gasteiger partial charge in [-0.2, -0.15) is 0 Å². The number of benzene rings is 3. The zero-order valence-electron chi connectivity index (χ0n) is 19.3. The molecule has 0 saturated carbocycles. The Morgan fingerprint density at radius 2 is 1.59 bits per heavy atom. The maximum absolute atomic E-state index is 6.22.